The van der Waals surface area contributed by atoms with Crippen molar-refractivity contribution in [2.75, 3.05) is 13.2 Å². The number of amides is 1. The maximum atomic E-state index is 13.6. The number of carbonyl (C=O) groups excluding carboxylic acids is 1. The second kappa shape index (κ2) is 8.60. The zero-order valence-corrected chi connectivity index (χ0v) is 19.5. The molecule has 172 valence electrons. The van der Waals surface area contributed by atoms with Gasteiger partial charge in [0.25, 0.3) is 5.91 Å². The van der Waals surface area contributed by atoms with Crippen molar-refractivity contribution < 1.29 is 9.53 Å². The number of ether oxygens (including phenoxy) is 1. The molecule has 5 heteroatoms. The standard InChI is InChI=1S/C28H33N3O2/c1-18-12-26-25(27(30-29-26)13-19-4-2-3-5-19)15-24(18)28(32)31-16-22-7-6-21(14-23(22)17-31)20-8-10-33-11-9-20/h6-7,12,14-15,19-20H,2-5,8-11,13,16-17H2,1H3,(H,29,30). The van der Waals surface area contributed by atoms with Crippen LogP contribution in [0.15, 0.2) is 30.3 Å². The van der Waals surface area contributed by atoms with E-state index in [0.29, 0.717) is 19.0 Å². The van der Waals surface area contributed by atoms with Gasteiger partial charge in [-0.3, -0.25) is 9.89 Å². The number of aromatic nitrogens is 2. The fourth-order valence-corrected chi connectivity index (χ4v) is 6.12. The van der Waals surface area contributed by atoms with Crippen molar-refractivity contribution in [3.8, 4) is 0 Å². The van der Waals surface area contributed by atoms with Gasteiger partial charge in [0.1, 0.15) is 0 Å². The van der Waals surface area contributed by atoms with Crippen molar-refractivity contribution in [1.29, 1.82) is 0 Å². The number of fused-ring (bicyclic) bond motifs is 2. The average molecular weight is 444 g/mol. The molecule has 0 spiro atoms. The minimum atomic E-state index is 0.131. The summed E-state index contributed by atoms with van der Waals surface area (Å²) in [5.41, 5.74) is 7.97. The van der Waals surface area contributed by atoms with E-state index in [4.69, 9.17) is 4.74 Å². The summed E-state index contributed by atoms with van der Waals surface area (Å²) in [6.45, 7) is 5.13. The maximum absolute atomic E-state index is 13.6. The summed E-state index contributed by atoms with van der Waals surface area (Å²) in [7, 11) is 0. The third kappa shape index (κ3) is 3.97. The van der Waals surface area contributed by atoms with Crippen molar-refractivity contribution >= 4 is 16.8 Å². The number of nitrogens with one attached hydrogen (secondary N) is 1. The molecule has 1 amide bonds. The minimum absolute atomic E-state index is 0.131. The first kappa shape index (κ1) is 20.9. The predicted octanol–water partition coefficient (Wildman–Crippen LogP) is 5.65. The molecule has 1 saturated heterocycles. The fourth-order valence-electron chi connectivity index (χ4n) is 6.12. The van der Waals surface area contributed by atoms with Gasteiger partial charge in [-0.05, 0) is 72.4 Å². The lowest BCUT2D eigenvalue weighted by atomic mass is 9.90. The Balaban J connectivity index is 1.24. The average Bonchev–Trinajstić information content (AvgIpc) is 3.59. The molecule has 3 heterocycles. The number of carbonyl (C=O) groups is 1. The van der Waals surface area contributed by atoms with Gasteiger partial charge in [0.15, 0.2) is 0 Å². The molecule has 33 heavy (non-hydrogen) atoms. The van der Waals surface area contributed by atoms with Crippen LogP contribution in [-0.2, 0) is 24.2 Å². The van der Waals surface area contributed by atoms with Gasteiger partial charge < -0.3 is 9.64 Å². The van der Waals surface area contributed by atoms with Crippen molar-refractivity contribution in [2.24, 2.45) is 5.92 Å². The van der Waals surface area contributed by atoms with E-state index in [0.717, 1.165) is 60.4 Å². The van der Waals surface area contributed by atoms with Crippen LogP contribution in [0.4, 0.5) is 0 Å². The molecule has 1 aliphatic carbocycles. The number of aromatic amines is 1. The van der Waals surface area contributed by atoms with Crippen LogP contribution in [0.2, 0.25) is 0 Å². The molecule has 2 aliphatic heterocycles. The number of benzene rings is 2. The summed E-state index contributed by atoms with van der Waals surface area (Å²) in [5, 5.41) is 8.94. The van der Waals surface area contributed by atoms with E-state index in [9.17, 15) is 4.79 Å². The Bertz CT molecular complexity index is 1190. The van der Waals surface area contributed by atoms with Gasteiger partial charge in [-0.1, -0.05) is 43.9 Å². The van der Waals surface area contributed by atoms with E-state index >= 15 is 0 Å². The van der Waals surface area contributed by atoms with Crippen LogP contribution >= 0.6 is 0 Å². The molecular weight excluding hydrogens is 410 g/mol. The second-order valence-electron chi connectivity index (χ2n) is 10.3. The molecule has 0 unspecified atom stereocenters. The number of hydrogen-bond donors (Lipinski definition) is 1. The van der Waals surface area contributed by atoms with Crippen LogP contribution in [0.5, 0.6) is 0 Å². The Morgan fingerprint density at radius 3 is 2.67 bits per heavy atom. The van der Waals surface area contributed by atoms with Crippen molar-refractivity contribution in [3.05, 3.63) is 63.8 Å². The van der Waals surface area contributed by atoms with Gasteiger partial charge in [-0.15, -0.1) is 0 Å². The Labute approximate surface area is 195 Å². The number of H-pyrrole nitrogens is 1. The fraction of sp³-hybridized carbons (Fsp3) is 0.500. The highest BCUT2D eigenvalue weighted by molar-refractivity contribution is 6.00. The van der Waals surface area contributed by atoms with Gasteiger partial charge in [-0.2, -0.15) is 5.10 Å². The first-order valence-corrected chi connectivity index (χ1v) is 12.6. The lowest BCUT2D eigenvalue weighted by Gasteiger charge is -2.22. The number of aryl methyl sites for hydroxylation is 1. The molecule has 3 aliphatic rings. The third-order valence-corrected chi connectivity index (χ3v) is 8.11. The SMILES string of the molecule is Cc1cc2n[nH]c(CC3CCCC3)c2cc1C(=O)N1Cc2ccc(C3CCOCC3)cc2C1. The molecule has 0 radical (unpaired) electrons. The molecule has 1 N–H and O–H groups in total. The molecule has 1 aromatic heterocycles. The normalized spacial score (nSPS) is 19.5. The van der Waals surface area contributed by atoms with Crippen molar-refractivity contribution in [1.82, 2.24) is 15.1 Å². The number of rotatable bonds is 4. The third-order valence-electron chi connectivity index (χ3n) is 8.11. The molecule has 5 nitrogen and oxygen atoms in total. The van der Waals surface area contributed by atoms with Gasteiger partial charge in [0.2, 0.25) is 0 Å². The van der Waals surface area contributed by atoms with E-state index in [-0.39, 0.29) is 5.91 Å². The quantitative estimate of drug-likeness (QED) is 0.566. The Kier molecular flexibility index (Phi) is 5.45. The zero-order valence-electron chi connectivity index (χ0n) is 19.5. The summed E-state index contributed by atoms with van der Waals surface area (Å²) in [4.78, 5) is 15.6. The van der Waals surface area contributed by atoms with Crippen LogP contribution in [0, 0.1) is 12.8 Å². The topological polar surface area (TPSA) is 58.2 Å². The van der Waals surface area contributed by atoms with Crippen LogP contribution < -0.4 is 0 Å². The first-order chi connectivity index (χ1) is 16.2. The van der Waals surface area contributed by atoms with E-state index in [2.05, 4.69) is 40.5 Å². The Morgan fingerprint density at radius 1 is 1.06 bits per heavy atom. The van der Waals surface area contributed by atoms with Crippen LogP contribution in [0.1, 0.15) is 82.7 Å². The molecule has 2 fully saturated rings. The number of hydrogen-bond acceptors (Lipinski definition) is 3. The largest absolute Gasteiger partial charge is 0.381 e. The Hall–Kier alpha value is -2.66. The second-order valence-corrected chi connectivity index (χ2v) is 10.3. The summed E-state index contributed by atoms with van der Waals surface area (Å²) >= 11 is 0. The van der Waals surface area contributed by atoms with Gasteiger partial charge in [0, 0.05) is 42.9 Å². The van der Waals surface area contributed by atoms with Crippen LogP contribution in [0.25, 0.3) is 10.9 Å². The minimum Gasteiger partial charge on any atom is -0.381 e. The van der Waals surface area contributed by atoms with Crippen LogP contribution in [-0.4, -0.2) is 34.2 Å². The first-order valence-electron chi connectivity index (χ1n) is 12.6. The molecule has 0 atom stereocenters. The molecular formula is C28H33N3O2. The molecule has 6 rings (SSSR count). The molecule has 0 bridgehead atoms. The van der Waals surface area contributed by atoms with Crippen molar-refractivity contribution in [3.63, 3.8) is 0 Å². The predicted molar refractivity (Wildman–Crippen MR) is 129 cm³/mol. The van der Waals surface area contributed by atoms with Crippen LogP contribution in [0.3, 0.4) is 0 Å². The monoisotopic (exact) mass is 443 g/mol. The van der Waals surface area contributed by atoms with E-state index < -0.39 is 0 Å². The maximum Gasteiger partial charge on any atom is 0.254 e. The highest BCUT2D eigenvalue weighted by Crippen LogP contribution is 2.34. The number of nitrogens with zero attached hydrogens (tertiary/aromatic N) is 2. The van der Waals surface area contributed by atoms with Gasteiger partial charge in [0.05, 0.1) is 5.52 Å². The van der Waals surface area contributed by atoms with E-state index in [1.807, 2.05) is 11.8 Å². The lowest BCUT2D eigenvalue weighted by Crippen LogP contribution is -2.26. The highest BCUT2D eigenvalue weighted by Gasteiger charge is 2.27. The zero-order chi connectivity index (χ0) is 22.4. The summed E-state index contributed by atoms with van der Waals surface area (Å²) in [6.07, 6.45) is 8.51. The summed E-state index contributed by atoms with van der Waals surface area (Å²) in [5.74, 6) is 1.45. The summed E-state index contributed by atoms with van der Waals surface area (Å²) < 4.78 is 5.53. The van der Waals surface area contributed by atoms with E-state index in [1.165, 1.54) is 48.1 Å². The van der Waals surface area contributed by atoms with E-state index in [1.54, 1.807) is 0 Å². The molecule has 3 aromatic rings. The Morgan fingerprint density at radius 2 is 1.85 bits per heavy atom. The lowest BCUT2D eigenvalue weighted by molar-refractivity contribution is 0.0751. The molecule has 1 saturated carbocycles. The van der Waals surface area contributed by atoms with Gasteiger partial charge in [-0.25, -0.2) is 0 Å². The summed E-state index contributed by atoms with van der Waals surface area (Å²) in [6, 6.07) is 11.0. The van der Waals surface area contributed by atoms with Gasteiger partial charge >= 0.3 is 0 Å². The smallest absolute Gasteiger partial charge is 0.254 e. The highest BCUT2D eigenvalue weighted by atomic mass is 16.5. The van der Waals surface area contributed by atoms with Crippen molar-refractivity contribution in [2.45, 2.75) is 70.9 Å². The molecule has 2 aromatic carbocycles.